The lowest BCUT2D eigenvalue weighted by atomic mass is 9.97. The van der Waals surface area contributed by atoms with Crippen LogP contribution in [0.4, 0.5) is 13.9 Å². The van der Waals surface area contributed by atoms with Crippen LogP contribution in [0, 0.1) is 6.92 Å². The summed E-state index contributed by atoms with van der Waals surface area (Å²) >= 11 is 1.26. The highest BCUT2D eigenvalue weighted by atomic mass is 32.1. The van der Waals surface area contributed by atoms with Crippen molar-refractivity contribution in [2.75, 3.05) is 5.32 Å². The summed E-state index contributed by atoms with van der Waals surface area (Å²) in [6.45, 7) is 1.80. The van der Waals surface area contributed by atoms with E-state index in [1.165, 1.54) is 29.9 Å². The van der Waals surface area contributed by atoms with Crippen LogP contribution < -0.4 is 5.32 Å². The number of benzene rings is 1. The monoisotopic (exact) mass is 397 g/mol. The molecule has 6 nitrogen and oxygen atoms in total. The molecule has 3 aromatic heterocycles. The highest BCUT2D eigenvalue weighted by Gasteiger charge is 2.36. The fraction of sp³-hybridized carbons (Fsp3) is 0.105. The molecule has 9 heteroatoms. The van der Waals surface area contributed by atoms with E-state index in [4.69, 9.17) is 0 Å². The number of rotatable bonds is 4. The third kappa shape index (κ3) is 3.31. The number of aryl methyl sites for hydroxylation is 1. The summed E-state index contributed by atoms with van der Waals surface area (Å²) in [5.74, 6) is -3.93. The molecule has 140 valence electrons. The average molecular weight is 397 g/mol. The molecule has 1 aromatic carbocycles. The van der Waals surface area contributed by atoms with Gasteiger partial charge in [0.15, 0.2) is 5.13 Å². The Bertz CT molecular complexity index is 1160. The average Bonchev–Trinajstić information content (AvgIpc) is 3.12. The van der Waals surface area contributed by atoms with Crippen molar-refractivity contribution < 1.29 is 13.6 Å². The summed E-state index contributed by atoms with van der Waals surface area (Å²) in [6.07, 6.45) is 4.80. The zero-order valence-corrected chi connectivity index (χ0v) is 15.4. The number of nitrogens with one attached hydrogen (secondary N) is 1. The number of hydrogen-bond acceptors (Lipinski definition) is 6. The van der Waals surface area contributed by atoms with Gasteiger partial charge in [0.25, 0.3) is 5.91 Å². The minimum Gasteiger partial charge on any atom is -0.298 e. The molecule has 0 bridgehead atoms. The second-order valence-corrected chi connectivity index (χ2v) is 6.91. The predicted octanol–water partition coefficient (Wildman–Crippen LogP) is 4.18. The van der Waals surface area contributed by atoms with Crippen molar-refractivity contribution in [3.05, 3.63) is 76.9 Å². The molecule has 3 heterocycles. The molecule has 4 rings (SSSR count). The van der Waals surface area contributed by atoms with Gasteiger partial charge in [-0.3, -0.25) is 15.1 Å². The Balaban J connectivity index is 1.83. The summed E-state index contributed by atoms with van der Waals surface area (Å²) in [7, 11) is 0. The summed E-state index contributed by atoms with van der Waals surface area (Å²) < 4.78 is 30.1. The van der Waals surface area contributed by atoms with Crippen LogP contribution in [0.2, 0.25) is 0 Å². The fourth-order valence-corrected chi connectivity index (χ4v) is 3.43. The first-order chi connectivity index (χ1) is 13.4. The Morgan fingerprint density at radius 2 is 1.96 bits per heavy atom. The van der Waals surface area contributed by atoms with E-state index in [0.29, 0.717) is 16.0 Å². The van der Waals surface area contributed by atoms with Gasteiger partial charge in [0.2, 0.25) is 0 Å². The summed E-state index contributed by atoms with van der Waals surface area (Å²) in [6, 6.07) is 5.73. The zero-order chi connectivity index (χ0) is 19.7. The van der Waals surface area contributed by atoms with Crippen molar-refractivity contribution >= 4 is 33.3 Å². The molecule has 0 saturated carbocycles. The van der Waals surface area contributed by atoms with Gasteiger partial charge >= 0.3 is 5.92 Å². The molecule has 0 saturated heterocycles. The Kier molecular flexibility index (Phi) is 4.52. The molecule has 1 amide bonds. The third-order valence-corrected chi connectivity index (χ3v) is 4.95. The van der Waals surface area contributed by atoms with Gasteiger partial charge in [0.05, 0.1) is 22.3 Å². The number of aromatic nitrogens is 4. The molecule has 0 spiro atoms. The van der Waals surface area contributed by atoms with Gasteiger partial charge in [0.1, 0.15) is 6.33 Å². The van der Waals surface area contributed by atoms with Crippen LogP contribution in [0.5, 0.6) is 0 Å². The molecule has 28 heavy (non-hydrogen) atoms. The van der Waals surface area contributed by atoms with Gasteiger partial charge < -0.3 is 0 Å². The Hall–Kier alpha value is -3.33. The quantitative estimate of drug-likeness (QED) is 0.559. The largest absolute Gasteiger partial charge is 0.301 e. The SMILES string of the molecule is Cc1csc(NC(=O)c2cc(C(F)(F)c3cncnc3)cc3cccnc23)n1. The van der Waals surface area contributed by atoms with E-state index in [0.717, 1.165) is 24.2 Å². The fourth-order valence-electron chi connectivity index (χ4n) is 2.75. The minimum absolute atomic E-state index is 0.0393. The summed E-state index contributed by atoms with van der Waals surface area (Å²) in [5, 5.41) is 5.25. The molecule has 0 fully saturated rings. The van der Waals surface area contributed by atoms with Crippen LogP contribution in [0.15, 0.2) is 54.6 Å². The van der Waals surface area contributed by atoms with Gasteiger partial charge in [-0.05, 0) is 25.1 Å². The molecular formula is C19H13F2N5OS. The lowest BCUT2D eigenvalue weighted by Gasteiger charge is -2.18. The van der Waals surface area contributed by atoms with Crippen LogP contribution in [0.25, 0.3) is 10.9 Å². The number of carbonyl (C=O) groups is 1. The van der Waals surface area contributed by atoms with Crippen molar-refractivity contribution in [2.24, 2.45) is 0 Å². The number of pyridine rings is 1. The van der Waals surface area contributed by atoms with Crippen LogP contribution in [0.1, 0.15) is 27.2 Å². The van der Waals surface area contributed by atoms with Crippen LogP contribution in [-0.2, 0) is 5.92 Å². The molecule has 0 aliphatic heterocycles. The van der Waals surface area contributed by atoms with Gasteiger partial charge in [-0.15, -0.1) is 11.3 Å². The van der Waals surface area contributed by atoms with Crippen molar-refractivity contribution in [2.45, 2.75) is 12.8 Å². The highest BCUT2D eigenvalue weighted by molar-refractivity contribution is 7.13. The topological polar surface area (TPSA) is 80.7 Å². The molecule has 4 aromatic rings. The Labute approximate surface area is 162 Å². The minimum atomic E-state index is -3.38. The second-order valence-electron chi connectivity index (χ2n) is 6.05. The standard InChI is InChI=1S/C19H13F2N5OS/c1-11-9-28-18(25-11)26-17(27)15-6-13(5-12-3-2-4-24-16(12)15)19(20,21)14-7-22-10-23-8-14/h2-10H,1H3,(H,25,26,27). The number of alkyl halides is 2. The third-order valence-electron chi connectivity index (χ3n) is 4.07. The summed E-state index contributed by atoms with van der Waals surface area (Å²) in [5.41, 5.74) is 0.422. The maximum atomic E-state index is 15.0. The molecule has 0 atom stereocenters. The van der Waals surface area contributed by atoms with E-state index in [9.17, 15) is 4.79 Å². The van der Waals surface area contributed by atoms with E-state index >= 15 is 8.78 Å². The molecule has 0 unspecified atom stereocenters. The number of nitrogens with zero attached hydrogens (tertiary/aromatic N) is 4. The van der Waals surface area contributed by atoms with E-state index in [1.807, 2.05) is 0 Å². The van der Waals surface area contributed by atoms with Crippen LogP contribution in [0.3, 0.4) is 0 Å². The molecule has 1 N–H and O–H groups in total. The smallest absolute Gasteiger partial charge is 0.298 e. The van der Waals surface area contributed by atoms with E-state index in [2.05, 4.69) is 25.3 Å². The highest BCUT2D eigenvalue weighted by Crippen LogP contribution is 2.37. The van der Waals surface area contributed by atoms with Crippen molar-refractivity contribution in [3.63, 3.8) is 0 Å². The number of fused-ring (bicyclic) bond motifs is 1. The van der Waals surface area contributed by atoms with Gasteiger partial charge in [-0.1, -0.05) is 6.07 Å². The number of amides is 1. The van der Waals surface area contributed by atoms with Crippen molar-refractivity contribution in [3.8, 4) is 0 Å². The normalized spacial score (nSPS) is 11.5. The number of carbonyl (C=O) groups excluding carboxylic acids is 1. The Morgan fingerprint density at radius 3 is 2.68 bits per heavy atom. The first-order valence-corrected chi connectivity index (χ1v) is 9.09. The number of halogens is 2. The molecule has 0 aliphatic rings. The number of anilines is 1. The first kappa shape index (κ1) is 18.1. The van der Waals surface area contributed by atoms with E-state index in [1.54, 1.807) is 24.4 Å². The number of hydrogen-bond donors (Lipinski definition) is 1. The van der Waals surface area contributed by atoms with Crippen molar-refractivity contribution in [1.82, 2.24) is 19.9 Å². The van der Waals surface area contributed by atoms with Gasteiger partial charge in [0, 0.05) is 34.9 Å². The molecule has 0 aliphatic carbocycles. The van der Waals surface area contributed by atoms with Crippen LogP contribution >= 0.6 is 11.3 Å². The van der Waals surface area contributed by atoms with E-state index in [-0.39, 0.29) is 16.7 Å². The molecular weight excluding hydrogens is 384 g/mol. The predicted molar refractivity (Wildman–Crippen MR) is 102 cm³/mol. The molecule has 0 radical (unpaired) electrons. The lowest BCUT2D eigenvalue weighted by Crippen LogP contribution is -2.19. The first-order valence-electron chi connectivity index (χ1n) is 8.21. The number of thiazole rings is 1. The zero-order valence-electron chi connectivity index (χ0n) is 14.6. The summed E-state index contributed by atoms with van der Waals surface area (Å²) in [4.78, 5) is 28.5. The lowest BCUT2D eigenvalue weighted by molar-refractivity contribution is 0.0421. The Morgan fingerprint density at radius 1 is 1.18 bits per heavy atom. The van der Waals surface area contributed by atoms with Crippen LogP contribution in [-0.4, -0.2) is 25.8 Å². The maximum absolute atomic E-state index is 15.0. The maximum Gasteiger partial charge on any atom is 0.301 e. The van der Waals surface area contributed by atoms with Gasteiger partial charge in [-0.2, -0.15) is 8.78 Å². The second kappa shape index (κ2) is 7.01. The van der Waals surface area contributed by atoms with E-state index < -0.39 is 11.8 Å². The van der Waals surface area contributed by atoms with Gasteiger partial charge in [-0.25, -0.2) is 15.0 Å². The van der Waals surface area contributed by atoms with Crippen molar-refractivity contribution in [1.29, 1.82) is 0 Å².